The third-order valence-corrected chi connectivity index (χ3v) is 4.31. The van der Waals surface area contributed by atoms with Crippen molar-refractivity contribution < 1.29 is 26.7 Å². The fraction of sp³-hybridized carbons (Fsp3) is 0.150. The number of nitrogens with one attached hydrogen (secondary N) is 1. The van der Waals surface area contributed by atoms with E-state index < -0.39 is 12.8 Å². The molecule has 11 heteroatoms. The molecule has 0 fully saturated rings. The van der Waals surface area contributed by atoms with Crippen LogP contribution in [0.4, 0.5) is 33.5 Å². The highest BCUT2D eigenvalue weighted by Gasteiger charge is 2.31. The van der Waals surface area contributed by atoms with Crippen LogP contribution in [-0.2, 0) is 0 Å². The van der Waals surface area contributed by atoms with E-state index in [1.54, 1.807) is 11.5 Å². The van der Waals surface area contributed by atoms with E-state index in [1.807, 2.05) is 0 Å². The summed E-state index contributed by atoms with van der Waals surface area (Å²) < 4.78 is 68.3. The van der Waals surface area contributed by atoms with Gasteiger partial charge in [0.15, 0.2) is 11.6 Å². The second-order valence-electron chi connectivity index (χ2n) is 6.50. The van der Waals surface area contributed by atoms with E-state index in [-0.39, 0.29) is 11.3 Å². The maximum atomic E-state index is 12.7. The smallest absolute Gasteiger partial charge is 0.406 e. The van der Waals surface area contributed by atoms with Gasteiger partial charge in [-0.1, -0.05) is 12.1 Å². The minimum Gasteiger partial charge on any atom is -0.406 e. The van der Waals surface area contributed by atoms with Crippen LogP contribution in [0, 0.1) is 6.92 Å². The zero-order valence-corrected chi connectivity index (χ0v) is 15.9. The molecule has 6 nitrogen and oxygen atoms in total. The van der Waals surface area contributed by atoms with Gasteiger partial charge in [0, 0.05) is 17.3 Å². The number of ether oxygens (including phenoxy) is 1. The summed E-state index contributed by atoms with van der Waals surface area (Å²) in [5.41, 5.74) is 1.25. The molecular formula is C20H14F5N5O. The van der Waals surface area contributed by atoms with Gasteiger partial charge >= 0.3 is 6.36 Å². The van der Waals surface area contributed by atoms with Gasteiger partial charge in [0.2, 0.25) is 0 Å². The van der Waals surface area contributed by atoms with Crippen molar-refractivity contribution in [3.05, 3.63) is 66.2 Å². The number of hydrogen-bond donors (Lipinski definition) is 1. The summed E-state index contributed by atoms with van der Waals surface area (Å²) in [7, 11) is 0. The van der Waals surface area contributed by atoms with Gasteiger partial charge in [0.25, 0.3) is 6.43 Å². The topological polar surface area (TPSA) is 64.9 Å². The highest BCUT2D eigenvalue weighted by molar-refractivity contribution is 5.79. The number of rotatable bonds is 5. The number of fused-ring (bicyclic) bond motifs is 1. The van der Waals surface area contributed by atoms with E-state index in [4.69, 9.17) is 0 Å². The Morgan fingerprint density at radius 2 is 1.74 bits per heavy atom. The minimum atomic E-state index is -4.80. The standard InChI is InChI=1S/C20H14F5N5O/c1-11-27-15-8-14(31-20(23,24)25)6-7-16(15)30(11)18-10-26-9-17(29-18)28-13-4-2-12(3-5-13)19(21)22/h2-10,19H,1H3,(H,28,29). The summed E-state index contributed by atoms with van der Waals surface area (Å²) in [5.74, 6) is 0.824. The number of aromatic nitrogens is 4. The van der Waals surface area contributed by atoms with Gasteiger partial charge < -0.3 is 10.1 Å². The second-order valence-corrected chi connectivity index (χ2v) is 6.50. The lowest BCUT2D eigenvalue weighted by Gasteiger charge is -2.10. The number of imidazole rings is 1. The Labute approximate surface area is 172 Å². The largest absolute Gasteiger partial charge is 0.573 e. The fourth-order valence-corrected chi connectivity index (χ4v) is 3.05. The molecule has 2 aromatic heterocycles. The molecule has 4 aromatic rings. The third-order valence-electron chi connectivity index (χ3n) is 4.31. The van der Waals surface area contributed by atoms with Gasteiger partial charge in [-0.05, 0) is 31.2 Å². The van der Waals surface area contributed by atoms with E-state index in [9.17, 15) is 22.0 Å². The van der Waals surface area contributed by atoms with E-state index in [0.717, 1.165) is 0 Å². The van der Waals surface area contributed by atoms with Gasteiger partial charge in [0.1, 0.15) is 11.6 Å². The van der Waals surface area contributed by atoms with Gasteiger partial charge in [-0.25, -0.2) is 18.7 Å². The molecule has 31 heavy (non-hydrogen) atoms. The third kappa shape index (κ3) is 4.55. The summed E-state index contributed by atoms with van der Waals surface area (Å²) in [5, 5.41) is 2.98. The zero-order valence-electron chi connectivity index (χ0n) is 15.9. The molecule has 0 unspecified atom stereocenters. The summed E-state index contributed by atoms with van der Waals surface area (Å²) in [6.07, 6.45) is -4.44. The zero-order chi connectivity index (χ0) is 22.2. The normalized spacial score (nSPS) is 11.8. The first-order valence-corrected chi connectivity index (χ1v) is 8.92. The average molecular weight is 435 g/mol. The van der Waals surface area contributed by atoms with E-state index in [1.165, 1.54) is 54.9 Å². The molecule has 4 rings (SSSR count). The lowest BCUT2D eigenvalue weighted by atomic mass is 10.2. The van der Waals surface area contributed by atoms with Crippen molar-refractivity contribution in [2.75, 3.05) is 5.32 Å². The lowest BCUT2D eigenvalue weighted by Crippen LogP contribution is -2.17. The molecular weight excluding hydrogens is 421 g/mol. The number of nitrogens with zero attached hydrogens (tertiary/aromatic N) is 4. The van der Waals surface area contributed by atoms with E-state index in [2.05, 4.69) is 25.0 Å². The lowest BCUT2D eigenvalue weighted by molar-refractivity contribution is -0.274. The Bertz CT molecular complexity index is 1220. The number of alkyl halides is 5. The second kappa shape index (κ2) is 7.82. The van der Waals surface area contributed by atoms with E-state index >= 15 is 0 Å². The molecule has 2 heterocycles. The Kier molecular flexibility index (Phi) is 5.17. The molecule has 2 aromatic carbocycles. The van der Waals surface area contributed by atoms with Crippen LogP contribution in [0.2, 0.25) is 0 Å². The van der Waals surface area contributed by atoms with Crippen LogP contribution in [-0.4, -0.2) is 25.9 Å². The summed E-state index contributed by atoms with van der Waals surface area (Å²) >= 11 is 0. The summed E-state index contributed by atoms with van der Waals surface area (Å²) in [6.45, 7) is 1.68. The highest BCUT2D eigenvalue weighted by atomic mass is 19.4. The number of halogens is 5. The quantitative estimate of drug-likeness (QED) is 0.407. The van der Waals surface area contributed by atoms with Gasteiger partial charge in [-0.2, -0.15) is 0 Å². The average Bonchev–Trinajstić information content (AvgIpc) is 3.02. The van der Waals surface area contributed by atoms with Crippen LogP contribution >= 0.6 is 0 Å². The van der Waals surface area contributed by atoms with Crippen LogP contribution in [0.1, 0.15) is 17.8 Å². The number of aryl methyl sites for hydroxylation is 1. The van der Waals surface area contributed by atoms with Gasteiger partial charge in [-0.3, -0.25) is 9.55 Å². The van der Waals surface area contributed by atoms with Crippen LogP contribution in [0.3, 0.4) is 0 Å². The number of anilines is 2. The highest BCUT2D eigenvalue weighted by Crippen LogP contribution is 2.28. The van der Waals surface area contributed by atoms with Crippen molar-refractivity contribution in [2.24, 2.45) is 0 Å². The Morgan fingerprint density at radius 1 is 1.00 bits per heavy atom. The summed E-state index contributed by atoms with van der Waals surface area (Å²) in [4.78, 5) is 12.9. The van der Waals surface area contributed by atoms with Crippen LogP contribution in [0.25, 0.3) is 16.9 Å². The molecule has 0 bridgehead atoms. The molecule has 0 amide bonds. The molecule has 0 aliphatic rings. The van der Waals surface area contributed by atoms with Crippen molar-refractivity contribution in [3.63, 3.8) is 0 Å². The fourth-order valence-electron chi connectivity index (χ4n) is 3.05. The molecule has 0 atom stereocenters. The Morgan fingerprint density at radius 3 is 2.42 bits per heavy atom. The van der Waals surface area contributed by atoms with Crippen molar-refractivity contribution >= 4 is 22.5 Å². The van der Waals surface area contributed by atoms with Crippen molar-refractivity contribution in [2.45, 2.75) is 19.7 Å². The predicted octanol–water partition coefficient (Wildman–Crippen LogP) is 5.70. The number of benzene rings is 2. The van der Waals surface area contributed by atoms with Crippen LogP contribution in [0.5, 0.6) is 5.75 Å². The van der Waals surface area contributed by atoms with Crippen molar-refractivity contribution in [1.82, 2.24) is 19.5 Å². The maximum absolute atomic E-state index is 12.7. The predicted molar refractivity (Wildman–Crippen MR) is 103 cm³/mol. The maximum Gasteiger partial charge on any atom is 0.573 e. The Balaban J connectivity index is 1.64. The summed E-state index contributed by atoms with van der Waals surface area (Å²) in [6, 6.07) is 9.42. The van der Waals surface area contributed by atoms with Crippen molar-refractivity contribution in [1.29, 1.82) is 0 Å². The van der Waals surface area contributed by atoms with Gasteiger partial charge in [-0.15, -0.1) is 13.2 Å². The molecule has 0 aliphatic heterocycles. The first kappa shape index (κ1) is 20.5. The van der Waals surface area contributed by atoms with Gasteiger partial charge in [0.05, 0.1) is 23.4 Å². The Hall–Kier alpha value is -3.76. The molecule has 0 aliphatic carbocycles. The first-order valence-electron chi connectivity index (χ1n) is 8.92. The monoisotopic (exact) mass is 435 g/mol. The van der Waals surface area contributed by atoms with E-state index in [0.29, 0.717) is 34.2 Å². The molecule has 0 radical (unpaired) electrons. The first-order chi connectivity index (χ1) is 14.7. The molecule has 0 saturated carbocycles. The minimum absolute atomic E-state index is 0.0974. The van der Waals surface area contributed by atoms with Crippen LogP contribution in [0.15, 0.2) is 54.9 Å². The van der Waals surface area contributed by atoms with Crippen LogP contribution < -0.4 is 10.1 Å². The molecule has 0 spiro atoms. The van der Waals surface area contributed by atoms with Crippen molar-refractivity contribution in [3.8, 4) is 11.6 Å². The number of hydrogen-bond acceptors (Lipinski definition) is 5. The molecule has 0 saturated heterocycles. The molecule has 1 N–H and O–H groups in total. The SMILES string of the molecule is Cc1nc2cc(OC(F)(F)F)ccc2n1-c1cncc(Nc2ccc(C(F)F)cc2)n1. The molecule has 160 valence electrons.